The quantitative estimate of drug-likeness (QED) is 0.179. The Balaban J connectivity index is 1.21. The first-order valence-electron chi connectivity index (χ1n) is 17.5. The van der Waals surface area contributed by atoms with E-state index in [0.29, 0.717) is 0 Å². The molecule has 8 aromatic rings. The van der Waals surface area contributed by atoms with E-state index in [1.54, 1.807) is 0 Å². The maximum atomic E-state index is 6.90. The number of pyridine rings is 2. The van der Waals surface area contributed by atoms with Crippen molar-refractivity contribution in [2.45, 2.75) is 26.2 Å². The third-order valence-electron chi connectivity index (χ3n) is 10.3. The largest absolute Gasteiger partial charge is 0.457 e. The minimum atomic E-state index is -0.605. The Morgan fingerprint density at radius 1 is 0.529 bits per heavy atom. The second-order valence-corrected chi connectivity index (χ2v) is 13.6. The van der Waals surface area contributed by atoms with Gasteiger partial charge in [-0.15, -0.1) is 0 Å². The van der Waals surface area contributed by atoms with E-state index in [1.165, 1.54) is 44.5 Å². The fourth-order valence-corrected chi connectivity index (χ4v) is 8.30. The summed E-state index contributed by atoms with van der Waals surface area (Å²) in [5, 5.41) is 1.12. The molecule has 2 aromatic heterocycles. The number of aromatic nitrogens is 2. The van der Waals surface area contributed by atoms with Gasteiger partial charge in [0.2, 0.25) is 0 Å². The number of para-hydroxylation sites is 1. The molecular weight excluding hydrogens is 621 g/mol. The molecule has 1 aliphatic rings. The normalized spacial score (nSPS) is 12.8. The second kappa shape index (κ2) is 12.2. The first kappa shape index (κ1) is 30.7. The molecule has 0 N–H and O–H groups in total. The highest BCUT2D eigenvalue weighted by molar-refractivity contribution is 5.86. The van der Waals surface area contributed by atoms with Gasteiger partial charge in [-0.05, 0) is 125 Å². The summed E-state index contributed by atoms with van der Waals surface area (Å²) in [7, 11) is 0. The number of fused-ring (bicyclic) bond motifs is 4. The van der Waals surface area contributed by atoms with Gasteiger partial charge >= 0.3 is 0 Å². The lowest BCUT2D eigenvalue weighted by atomic mass is 9.70. The molecule has 9 rings (SSSR count). The third kappa shape index (κ3) is 5.13. The van der Waals surface area contributed by atoms with Crippen molar-refractivity contribution in [1.29, 1.82) is 0 Å². The van der Waals surface area contributed by atoms with Crippen molar-refractivity contribution in [1.82, 2.24) is 9.97 Å². The van der Waals surface area contributed by atoms with Gasteiger partial charge in [0.15, 0.2) is 0 Å². The molecule has 3 heteroatoms. The number of rotatable bonds is 6. The number of nitrogens with zero attached hydrogens (tertiary/aromatic N) is 2. The fourth-order valence-electron chi connectivity index (χ4n) is 8.30. The fraction of sp³-hybridized carbons (Fsp3) is 0.0833. The molecule has 1 aliphatic carbocycles. The SMILES string of the molecule is Cc1cc(C)c(-c2cc(Oc3cccc(C4(c5ccccn5)c5ccccc5-c5ccccc54)c3)cc(-c3ccc4ccccc4n3)c2)c(C)c1. The van der Waals surface area contributed by atoms with E-state index >= 15 is 0 Å². The topological polar surface area (TPSA) is 35.0 Å². The Morgan fingerprint density at radius 3 is 1.96 bits per heavy atom. The number of benzene rings is 6. The highest BCUT2D eigenvalue weighted by atomic mass is 16.5. The van der Waals surface area contributed by atoms with E-state index in [0.717, 1.165) is 50.5 Å². The molecule has 0 saturated carbocycles. The Kier molecular flexibility index (Phi) is 7.36. The lowest BCUT2D eigenvalue weighted by molar-refractivity contribution is 0.481. The number of hydrogen-bond acceptors (Lipinski definition) is 3. The molecule has 6 aromatic carbocycles. The van der Waals surface area contributed by atoms with Crippen LogP contribution in [0.3, 0.4) is 0 Å². The maximum Gasteiger partial charge on any atom is 0.128 e. The summed E-state index contributed by atoms with van der Waals surface area (Å²) in [6.45, 7) is 6.53. The van der Waals surface area contributed by atoms with Crippen molar-refractivity contribution in [3.05, 3.63) is 203 Å². The van der Waals surface area contributed by atoms with Crippen LogP contribution in [0.25, 0.3) is 44.4 Å². The smallest absolute Gasteiger partial charge is 0.128 e. The minimum Gasteiger partial charge on any atom is -0.457 e. The summed E-state index contributed by atoms with van der Waals surface area (Å²) in [6, 6.07) is 55.7. The summed E-state index contributed by atoms with van der Waals surface area (Å²) in [5.41, 5.74) is 15.3. The zero-order valence-corrected chi connectivity index (χ0v) is 28.9. The standard InChI is InChI=1S/C48H36N2O/c1-31-25-32(2)47(33(3)26-31)36-27-35(45-23-22-34-13-4-9-20-44(34)50-45)28-39(29-36)51-38-15-12-14-37(30-38)48(46-21-10-11-24-49-46)42-18-7-5-16-40(42)41-17-6-8-19-43(41)48/h4-30H,1-3H3. The summed E-state index contributed by atoms with van der Waals surface area (Å²) in [6.07, 6.45) is 1.89. The van der Waals surface area contributed by atoms with Crippen LogP contribution in [0.2, 0.25) is 0 Å². The zero-order valence-electron chi connectivity index (χ0n) is 28.9. The highest BCUT2D eigenvalue weighted by Gasteiger charge is 2.47. The number of hydrogen-bond donors (Lipinski definition) is 0. The number of ether oxygens (including phenoxy) is 1. The van der Waals surface area contributed by atoms with Crippen molar-refractivity contribution in [3.8, 4) is 45.0 Å². The molecule has 0 bridgehead atoms. The molecule has 0 aliphatic heterocycles. The molecule has 0 radical (unpaired) electrons. The molecule has 0 spiro atoms. The molecule has 0 amide bonds. The van der Waals surface area contributed by atoms with Gasteiger partial charge in [0.25, 0.3) is 0 Å². The van der Waals surface area contributed by atoms with Crippen LogP contribution in [0.4, 0.5) is 0 Å². The maximum absolute atomic E-state index is 6.90. The molecule has 51 heavy (non-hydrogen) atoms. The molecule has 0 fully saturated rings. The molecular formula is C48H36N2O. The van der Waals surface area contributed by atoms with Crippen molar-refractivity contribution >= 4 is 10.9 Å². The van der Waals surface area contributed by atoms with Gasteiger partial charge in [0.1, 0.15) is 11.5 Å². The monoisotopic (exact) mass is 656 g/mol. The first-order chi connectivity index (χ1) is 25.0. The van der Waals surface area contributed by atoms with Crippen LogP contribution in [0, 0.1) is 20.8 Å². The molecule has 3 nitrogen and oxygen atoms in total. The Bertz CT molecular complexity index is 2540. The highest BCUT2D eigenvalue weighted by Crippen LogP contribution is 2.55. The molecule has 0 atom stereocenters. The average Bonchev–Trinajstić information content (AvgIpc) is 3.46. The van der Waals surface area contributed by atoms with Crippen LogP contribution < -0.4 is 4.74 Å². The van der Waals surface area contributed by atoms with Gasteiger partial charge in [-0.25, -0.2) is 4.98 Å². The summed E-state index contributed by atoms with van der Waals surface area (Å²) >= 11 is 0. The van der Waals surface area contributed by atoms with Gasteiger partial charge in [0, 0.05) is 17.1 Å². The molecule has 0 unspecified atom stereocenters. The van der Waals surface area contributed by atoms with Gasteiger partial charge in [-0.1, -0.05) is 109 Å². The van der Waals surface area contributed by atoms with E-state index in [4.69, 9.17) is 14.7 Å². The Morgan fingerprint density at radius 2 is 1.22 bits per heavy atom. The van der Waals surface area contributed by atoms with Gasteiger partial charge in [-0.3, -0.25) is 4.98 Å². The minimum absolute atomic E-state index is 0.605. The van der Waals surface area contributed by atoms with Gasteiger partial charge < -0.3 is 4.74 Å². The predicted octanol–water partition coefficient (Wildman–Crippen LogP) is 12.0. The van der Waals surface area contributed by atoms with E-state index in [9.17, 15) is 0 Å². The summed E-state index contributed by atoms with van der Waals surface area (Å²) in [4.78, 5) is 10.1. The van der Waals surface area contributed by atoms with Crippen molar-refractivity contribution in [3.63, 3.8) is 0 Å². The van der Waals surface area contributed by atoms with E-state index < -0.39 is 5.41 Å². The Labute approximate surface area is 298 Å². The predicted molar refractivity (Wildman–Crippen MR) is 208 cm³/mol. The van der Waals surface area contributed by atoms with E-state index in [2.05, 4.69) is 154 Å². The van der Waals surface area contributed by atoms with E-state index in [1.807, 2.05) is 30.5 Å². The average molecular weight is 657 g/mol. The third-order valence-corrected chi connectivity index (χ3v) is 10.3. The van der Waals surface area contributed by atoms with E-state index in [-0.39, 0.29) is 0 Å². The van der Waals surface area contributed by atoms with Crippen LogP contribution in [-0.2, 0) is 5.41 Å². The van der Waals surface area contributed by atoms with Gasteiger partial charge in [-0.2, -0.15) is 0 Å². The second-order valence-electron chi connectivity index (χ2n) is 13.6. The van der Waals surface area contributed by atoms with Crippen molar-refractivity contribution < 1.29 is 4.74 Å². The van der Waals surface area contributed by atoms with Crippen LogP contribution in [0.5, 0.6) is 11.5 Å². The lowest BCUT2D eigenvalue weighted by Crippen LogP contribution is -2.29. The van der Waals surface area contributed by atoms with Crippen LogP contribution >= 0.6 is 0 Å². The van der Waals surface area contributed by atoms with Crippen molar-refractivity contribution in [2.24, 2.45) is 0 Å². The Hall–Kier alpha value is -6.32. The summed E-state index contributed by atoms with van der Waals surface area (Å²) < 4.78 is 6.90. The summed E-state index contributed by atoms with van der Waals surface area (Å²) in [5.74, 6) is 1.52. The van der Waals surface area contributed by atoms with Crippen molar-refractivity contribution in [2.75, 3.05) is 0 Å². The van der Waals surface area contributed by atoms with Crippen LogP contribution in [-0.4, -0.2) is 9.97 Å². The number of aryl methyl sites for hydroxylation is 3. The lowest BCUT2D eigenvalue weighted by Gasteiger charge is -2.32. The molecule has 244 valence electrons. The first-order valence-corrected chi connectivity index (χ1v) is 17.5. The molecule has 2 heterocycles. The molecule has 0 saturated heterocycles. The van der Waals surface area contributed by atoms with Crippen LogP contribution in [0.15, 0.2) is 164 Å². The van der Waals surface area contributed by atoms with Crippen LogP contribution in [0.1, 0.15) is 39.1 Å². The van der Waals surface area contributed by atoms with Gasteiger partial charge in [0.05, 0.1) is 22.3 Å². The zero-order chi connectivity index (χ0) is 34.5.